The van der Waals surface area contributed by atoms with E-state index in [0.717, 1.165) is 41.3 Å². The van der Waals surface area contributed by atoms with Crippen LogP contribution in [-0.4, -0.2) is 41.2 Å². The van der Waals surface area contributed by atoms with Crippen LogP contribution in [-0.2, 0) is 11.8 Å². The molecular formula is C33H54N4OS. The van der Waals surface area contributed by atoms with Crippen molar-refractivity contribution < 1.29 is 5.21 Å². The SMILES string of the molecule is C=CC(C)(C)C.CC.CCN(C)CCc1cc(C)c(N(O)C(=S)/N=C(\N)c2ccc(C(C)(C)C)cc2)cc1C. The number of thiocarbonyl (C=S) groups is 1. The number of anilines is 1. The highest BCUT2D eigenvalue weighted by Gasteiger charge is 2.16. The second-order valence-electron chi connectivity index (χ2n) is 11.7. The molecule has 0 bridgehead atoms. The van der Waals surface area contributed by atoms with E-state index in [1.165, 1.54) is 11.1 Å². The highest BCUT2D eigenvalue weighted by Crippen LogP contribution is 2.25. The second kappa shape index (κ2) is 16.5. The summed E-state index contributed by atoms with van der Waals surface area (Å²) in [5, 5.41) is 11.7. The van der Waals surface area contributed by atoms with E-state index in [4.69, 9.17) is 18.0 Å². The first-order valence-electron chi connectivity index (χ1n) is 13.9. The fraction of sp³-hybridized carbons (Fsp3) is 0.515. The van der Waals surface area contributed by atoms with Crippen LogP contribution in [0, 0.1) is 19.3 Å². The van der Waals surface area contributed by atoms with Gasteiger partial charge in [0.05, 0.1) is 5.69 Å². The standard InChI is InChI=1S/C25H36N4OS.C6H12.C2H6/c1-8-28(7)14-13-20-15-18(3)22(16-17(20)2)29(30)24(31)27-23(26)19-9-11-21(12-10-19)25(4,5)6;1-5-6(2,3)4;1-2/h9-12,15-16,30H,8,13-14H2,1-7H3,(H2,26,27,31);5H,1H2,2-4H3;1-2H3. The number of aryl methyl sites for hydroxylation is 2. The maximum absolute atomic E-state index is 10.7. The summed E-state index contributed by atoms with van der Waals surface area (Å²) in [6, 6.07) is 12.0. The Balaban J connectivity index is 0.00000159. The van der Waals surface area contributed by atoms with E-state index in [9.17, 15) is 5.21 Å². The van der Waals surface area contributed by atoms with E-state index in [0.29, 0.717) is 11.1 Å². The van der Waals surface area contributed by atoms with Gasteiger partial charge in [0.15, 0.2) is 0 Å². The zero-order chi connectivity index (χ0) is 30.6. The number of hydroxylamine groups is 1. The Bertz CT molecular complexity index is 1080. The molecule has 0 spiro atoms. The Morgan fingerprint density at radius 2 is 1.54 bits per heavy atom. The summed E-state index contributed by atoms with van der Waals surface area (Å²) in [6.45, 7) is 28.7. The van der Waals surface area contributed by atoms with Gasteiger partial charge in [0, 0.05) is 12.1 Å². The van der Waals surface area contributed by atoms with Crippen molar-refractivity contribution in [3.8, 4) is 0 Å². The minimum absolute atomic E-state index is 0.0124. The average molecular weight is 555 g/mol. The third kappa shape index (κ3) is 12.9. The van der Waals surface area contributed by atoms with Gasteiger partial charge in [0.2, 0.25) is 5.11 Å². The molecule has 3 N–H and O–H groups in total. The number of hydrogen-bond donors (Lipinski definition) is 2. The molecular weight excluding hydrogens is 500 g/mol. The number of amidine groups is 1. The molecule has 0 aliphatic carbocycles. The van der Waals surface area contributed by atoms with Gasteiger partial charge < -0.3 is 10.6 Å². The molecule has 0 aliphatic rings. The van der Waals surface area contributed by atoms with Crippen LogP contribution in [0.3, 0.4) is 0 Å². The number of allylic oxidation sites excluding steroid dienone is 1. The molecule has 0 heterocycles. The lowest BCUT2D eigenvalue weighted by molar-refractivity contribution is 0.313. The molecule has 0 aliphatic heterocycles. The maximum Gasteiger partial charge on any atom is 0.226 e. The molecule has 0 amide bonds. The Morgan fingerprint density at radius 3 is 1.97 bits per heavy atom. The number of nitrogens with zero attached hydrogens (tertiary/aromatic N) is 3. The van der Waals surface area contributed by atoms with Crippen LogP contribution in [0.15, 0.2) is 54.0 Å². The van der Waals surface area contributed by atoms with Crippen LogP contribution >= 0.6 is 12.2 Å². The van der Waals surface area contributed by atoms with E-state index in [1.807, 2.05) is 57.2 Å². The Morgan fingerprint density at radius 1 is 1.03 bits per heavy atom. The monoisotopic (exact) mass is 554 g/mol. The van der Waals surface area contributed by atoms with Gasteiger partial charge in [-0.15, -0.1) is 6.58 Å². The predicted molar refractivity (Wildman–Crippen MR) is 177 cm³/mol. The summed E-state index contributed by atoms with van der Waals surface area (Å²) in [4.78, 5) is 6.55. The van der Waals surface area contributed by atoms with Crippen LogP contribution in [0.25, 0.3) is 0 Å². The summed E-state index contributed by atoms with van der Waals surface area (Å²) in [6.07, 6.45) is 2.90. The number of benzene rings is 2. The molecule has 0 radical (unpaired) electrons. The van der Waals surface area contributed by atoms with Gasteiger partial charge in [-0.05, 0) is 85.2 Å². The Hall–Kier alpha value is -2.54. The largest absolute Gasteiger partial charge is 0.383 e. The Kier molecular flexibility index (Phi) is 15.5. The molecule has 6 heteroatoms. The lowest BCUT2D eigenvalue weighted by Crippen LogP contribution is -2.28. The molecule has 0 unspecified atom stereocenters. The van der Waals surface area contributed by atoms with E-state index in [1.54, 1.807) is 0 Å². The molecule has 0 aromatic heterocycles. The topological polar surface area (TPSA) is 65.1 Å². The van der Waals surface area contributed by atoms with Crippen LogP contribution in [0.5, 0.6) is 0 Å². The second-order valence-corrected chi connectivity index (χ2v) is 12.1. The molecule has 2 aromatic carbocycles. The zero-order valence-corrected chi connectivity index (χ0v) is 27.5. The van der Waals surface area contributed by atoms with Gasteiger partial charge in [0.25, 0.3) is 0 Å². The van der Waals surface area contributed by atoms with E-state index in [-0.39, 0.29) is 16.4 Å². The van der Waals surface area contributed by atoms with Gasteiger partial charge in [-0.3, -0.25) is 5.21 Å². The third-order valence-corrected chi connectivity index (χ3v) is 6.51. The average Bonchev–Trinajstić information content (AvgIpc) is 2.88. The molecule has 39 heavy (non-hydrogen) atoms. The first-order chi connectivity index (χ1) is 18.0. The summed E-state index contributed by atoms with van der Waals surface area (Å²) in [5.41, 5.74) is 12.5. The molecule has 0 atom stereocenters. The van der Waals surface area contributed by atoms with E-state index < -0.39 is 0 Å². The molecule has 0 fully saturated rings. The minimum atomic E-state index is 0.0124. The number of aliphatic imine (C=N–C) groups is 1. The van der Waals surface area contributed by atoms with Crippen molar-refractivity contribution in [2.24, 2.45) is 16.1 Å². The molecule has 2 aromatic rings. The summed E-state index contributed by atoms with van der Waals surface area (Å²) in [7, 11) is 2.11. The van der Waals surface area contributed by atoms with Crippen molar-refractivity contribution in [1.82, 2.24) is 4.90 Å². The number of hydrogen-bond acceptors (Lipinski definition) is 3. The lowest BCUT2D eigenvalue weighted by atomic mass is 9.87. The normalized spacial score (nSPS) is 11.7. The zero-order valence-electron chi connectivity index (χ0n) is 26.6. The molecule has 218 valence electrons. The van der Waals surface area contributed by atoms with Crippen molar-refractivity contribution in [3.63, 3.8) is 0 Å². The fourth-order valence-electron chi connectivity index (χ4n) is 3.29. The van der Waals surface area contributed by atoms with Crippen LogP contribution in [0.2, 0.25) is 0 Å². The van der Waals surface area contributed by atoms with Crippen LogP contribution < -0.4 is 10.8 Å². The maximum atomic E-state index is 10.7. The summed E-state index contributed by atoms with van der Waals surface area (Å²) in [5.74, 6) is 0.276. The molecule has 5 nitrogen and oxygen atoms in total. The van der Waals surface area contributed by atoms with Crippen molar-refractivity contribution in [1.29, 1.82) is 0 Å². The highest BCUT2D eigenvalue weighted by molar-refractivity contribution is 7.80. The first-order valence-corrected chi connectivity index (χ1v) is 14.3. The van der Waals surface area contributed by atoms with Crippen molar-refractivity contribution in [2.45, 2.75) is 88.0 Å². The fourth-order valence-corrected chi connectivity index (χ4v) is 3.48. The van der Waals surface area contributed by atoms with Gasteiger partial charge in [0.1, 0.15) is 5.84 Å². The Labute approximate surface area is 244 Å². The van der Waals surface area contributed by atoms with Crippen molar-refractivity contribution in [2.75, 3.05) is 25.2 Å². The summed E-state index contributed by atoms with van der Waals surface area (Å²) < 4.78 is 0. The first kappa shape index (κ1) is 36.5. The van der Waals surface area contributed by atoms with Gasteiger partial charge in [-0.1, -0.05) is 98.7 Å². The summed E-state index contributed by atoms with van der Waals surface area (Å²) >= 11 is 5.36. The number of rotatable bonds is 6. The molecule has 0 saturated heterocycles. The minimum Gasteiger partial charge on any atom is -0.383 e. The number of likely N-dealkylation sites (N-methyl/N-ethyl adjacent to an activating group) is 1. The van der Waals surface area contributed by atoms with Crippen molar-refractivity contribution >= 4 is 28.9 Å². The molecule has 0 saturated carbocycles. The third-order valence-electron chi connectivity index (χ3n) is 6.24. The predicted octanol–water partition coefficient (Wildman–Crippen LogP) is 8.23. The van der Waals surface area contributed by atoms with E-state index in [2.05, 4.69) is 85.0 Å². The van der Waals surface area contributed by atoms with Gasteiger partial charge in [-0.2, -0.15) is 5.06 Å². The van der Waals surface area contributed by atoms with Gasteiger partial charge in [-0.25, -0.2) is 4.99 Å². The van der Waals surface area contributed by atoms with Crippen molar-refractivity contribution in [3.05, 3.63) is 76.9 Å². The van der Waals surface area contributed by atoms with Gasteiger partial charge >= 0.3 is 0 Å². The molecule has 2 rings (SSSR count). The van der Waals surface area contributed by atoms with E-state index >= 15 is 0 Å². The highest BCUT2D eigenvalue weighted by atomic mass is 32.1. The smallest absolute Gasteiger partial charge is 0.226 e. The number of nitrogens with two attached hydrogens (primary N) is 1. The lowest BCUT2D eigenvalue weighted by Gasteiger charge is -2.21. The van der Waals surface area contributed by atoms with Crippen LogP contribution in [0.1, 0.15) is 90.1 Å². The quantitative estimate of drug-likeness (QED) is 0.124. The van der Waals surface area contributed by atoms with Crippen LogP contribution in [0.4, 0.5) is 5.69 Å².